The van der Waals surface area contributed by atoms with Crippen molar-refractivity contribution in [1.82, 2.24) is 10.2 Å². The van der Waals surface area contributed by atoms with E-state index in [0.29, 0.717) is 32.5 Å². The Morgan fingerprint density at radius 3 is 3.05 bits per heavy atom. The zero-order valence-electron chi connectivity index (χ0n) is 12.7. The molecule has 5 heteroatoms. The third kappa shape index (κ3) is 4.19. The summed E-state index contributed by atoms with van der Waals surface area (Å²) in [5.41, 5.74) is 1.13. The van der Waals surface area contributed by atoms with Gasteiger partial charge in [-0.05, 0) is 31.0 Å². The minimum absolute atomic E-state index is 0.0586. The number of carbonyl (C=O) groups excluding carboxylic acids is 1. The highest BCUT2D eigenvalue weighted by Crippen LogP contribution is 2.33. The molecule has 5 nitrogen and oxygen atoms in total. The number of likely N-dealkylation sites (tertiary alicyclic amines) is 1. The number of nitrogens with one attached hydrogen (secondary N) is 1. The molecule has 1 fully saturated rings. The summed E-state index contributed by atoms with van der Waals surface area (Å²) in [6, 6.07) is 8.06. The molecule has 0 spiro atoms. The lowest BCUT2D eigenvalue weighted by atomic mass is 10.0. The third-order valence-corrected chi connectivity index (χ3v) is 3.86. The van der Waals surface area contributed by atoms with Gasteiger partial charge in [-0.15, -0.1) is 0 Å². The molecular formula is C16H24N2O3. The quantitative estimate of drug-likeness (QED) is 0.830. The minimum atomic E-state index is -0.338. The number of nitrogens with zero attached hydrogens (tertiary/aromatic N) is 1. The molecule has 1 aromatic rings. The van der Waals surface area contributed by atoms with Crippen LogP contribution in [-0.2, 0) is 4.79 Å². The first kappa shape index (κ1) is 15.8. The molecule has 2 N–H and O–H groups in total. The molecule has 116 valence electrons. The summed E-state index contributed by atoms with van der Waals surface area (Å²) in [7, 11) is 1.65. The Morgan fingerprint density at radius 2 is 2.33 bits per heavy atom. The number of rotatable bonds is 6. The van der Waals surface area contributed by atoms with Crippen molar-refractivity contribution in [3.8, 4) is 5.75 Å². The number of carbonyl (C=O) groups is 1. The summed E-state index contributed by atoms with van der Waals surface area (Å²) < 4.78 is 5.26. The normalized spacial score (nSPS) is 22.2. The van der Waals surface area contributed by atoms with Gasteiger partial charge in [0.1, 0.15) is 5.75 Å². The second-order valence-corrected chi connectivity index (χ2v) is 5.38. The number of ether oxygens (including phenoxy) is 1. The van der Waals surface area contributed by atoms with E-state index < -0.39 is 0 Å². The van der Waals surface area contributed by atoms with Crippen LogP contribution in [0, 0.1) is 0 Å². The van der Waals surface area contributed by atoms with Crippen LogP contribution in [0.3, 0.4) is 0 Å². The summed E-state index contributed by atoms with van der Waals surface area (Å²) in [5.74, 6) is 0.876. The molecule has 1 aromatic carbocycles. The molecule has 0 aliphatic carbocycles. The maximum absolute atomic E-state index is 11.6. The number of amides is 1. The smallest absolute Gasteiger partial charge is 0.221 e. The highest BCUT2D eigenvalue weighted by Gasteiger charge is 2.32. The van der Waals surface area contributed by atoms with Crippen LogP contribution < -0.4 is 10.1 Å². The van der Waals surface area contributed by atoms with E-state index in [1.54, 1.807) is 7.11 Å². The molecule has 0 bridgehead atoms. The van der Waals surface area contributed by atoms with Crippen LogP contribution in [0.5, 0.6) is 5.75 Å². The van der Waals surface area contributed by atoms with Gasteiger partial charge in [0.15, 0.2) is 0 Å². The number of aliphatic hydroxyl groups excluding tert-OH is 1. The molecular weight excluding hydrogens is 268 g/mol. The molecule has 2 atom stereocenters. The first-order valence-electron chi connectivity index (χ1n) is 7.46. The zero-order valence-corrected chi connectivity index (χ0v) is 12.7. The van der Waals surface area contributed by atoms with Crippen molar-refractivity contribution >= 4 is 5.91 Å². The maximum Gasteiger partial charge on any atom is 0.221 e. The molecule has 2 rings (SSSR count). The molecule has 21 heavy (non-hydrogen) atoms. The van der Waals surface area contributed by atoms with Gasteiger partial charge in [-0.3, -0.25) is 9.69 Å². The van der Waals surface area contributed by atoms with Gasteiger partial charge < -0.3 is 15.2 Å². The maximum atomic E-state index is 11.6. The van der Waals surface area contributed by atoms with Crippen LogP contribution in [-0.4, -0.2) is 48.8 Å². The SMILES string of the molecule is CCNC(=O)CCN1C[C@H](O)C[C@@H]1c1cccc(OC)c1. The van der Waals surface area contributed by atoms with Crippen molar-refractivity contribution in [3.05, 3.63) is 29.8 Å². The number of hydrogen-bond donors (Lipinski definition) is 2. The van der Waals surface area contributed by atoms with Crippen LogP contribution in [0.25, 0.3) is 0 Å². The summed E-state index contributed by atoms with van der Waals surface area (Å²) >= 11 is 0. The zero-order chi connectivity index (χ0) is 15.2. The van der Waals surface area contributed by atoms with Crippen LogP contribution >= 0.6 is 0 Å². The molecule has 0 radical (unpaired) electrons. The standard InChI is InChI=1S/C16H24N2O3/c1-3-17-16(20)7-8-18-11-13(19)10-15(18)12-5-4-6-14(9-12)21-2/h4-6,9,13,15,19H,3,7-8,10-11H2,1-2H3,(H,17,20)/t13-,15-/m1/s1. The fourth-order valence-corrected chi connectivity index (χ4v) is 2.85. The Labute approximate surface area is 125 Å². The first-order valence-corrected chi connectivity index (χ1v) is 7.46. The number of methoxy groups -OCH3 is 1. The predicted molar refractivity (Wildman–Crippen MR) is 81.2 cm³/mol. The van der Waals surface area contributed by atoms with E-state index in [2.05, 4.69) is 10.2 Å². The van der Waals surface area contributed by atoms with Gasteiger partial charge in [0.2, 0.25) is 5.91 Å². The van der Waals surface area contributed by atoms with Crippen molar-refractivity contribution in [2.75, 3.05) is 26.7 Å². The van der Waals surface area contributed by atoms with Crippen molar-refractivity contribution in [3.63, 3.8) is 0 Å². The van der Waals surface area contributed by atoms with Gasteiger partial charge in [0, 0.05) is 32.1 Å². The van der Waals surface area contributed by atoms with Crippen LogP contribution in [0.2, 0.25) is 0 Å². The Bertz CT molecular complexity index is 478. The van der Waals surface area contributed by atoms with Gasteiger partial charge in [-0.25, -0.2) is 0 Å². The number of aliphatic hydroxyl groups is 1. The first-order chi connectivity index (χ1) is 10.1. The second kappa shape index (κ2) is 7.43. The Morgan fingerprint density at radius 1 is 1.52 bits per heavy atom. The lowest BCUT2D eigenvalue weighted by Crippen LogP contribution is -2.31. The fourth-order valence-electron chi connectivity index (χ4n) is 2.85. The molecule has 1 amide bonds. The number of β-amino-alcohol motifs (C(OH)–C–C–N with tert-alkyl or cyclic N) is 1. The van der Waals surface area contributed by atoms with E-state index in [4.69, 9.17) is 4.74 Å². The average molecular weight is 292 g/mol. The Kier molecular flexibility index (Phi) is 5.59. The molecule has 1 aliphatic rings. The van der Waals surface area contributed by atoms with Gasteiger partial charge in [0.25, 0.3) is 0 Å². The van der Waals surface area contributed by atoms with Gasteiger partial charge >= 0.3 is 0 Å². The van der Waals surface area contributed by atoms with Crippen molar-refractivity contribution in [2.24, 2.45) is 0 Å². The van der Waals surface area contributed by atoms with Crippen LogP contribution in [0.1, 0.15) is 31.4 Å². The average Bonchev–Trinajstić information content (AvgIpc) is 2.86. The largest absolute Gasteiger partial charge is 0.497 e. The molecule has 0 unspecified atom stereocenters. The highest BCUT2D eigenvalue weighted by molar-refractivity contribution is 5.75. The topological polar surface area (TPSA) is 61.8 Å². The highest BCUT2D eigenvalue weighted by atomic mass is 16.5. The summed E-state index contributed by atoms with van der Waals surface area (Å²) in [5, 5.41) is 12.8. The molecule has 1 saturated heterocycles. The Balaban J connectivity index is 2.03. The predicted octanol–water partition coefficient (Wildman–Crippen LogP) is 1.33. The lowest BCUT2D eigenvalue weighted by Gasteiger charge is -2.24. The van der Waals surface area contributed by atoms with E-state index in [0.717, 1.165) is 11.3 Å². The van der Waals surface area contributed by atoms with Crippen LogP contribution in [0.4, 0.5) is 0 Å². The molecule has 0 aromatic heterocycles. The molecule has 1 heterocycles. The monoisotopic (exact) mass is 292 g/mol. The minimum Gasteiger partial charge on any atom is -0.497 e. The second-order valence-electron chi connectivity index (χ2n) is 5.38. The van der Waals surface area contributed by atoms with E-state index in [-0.39, 0.29) is 18.1 Å². The third-order valence-electron chi connectivity index (χ3n) is 3.86. The number of hydrogen-bond acceptors (Lipinski definition) is 4. The van der Waals surface area contributed by atoms with Gasteiger partial charge in [0.05, 0.1) is 13.2 Å². The van der Waals surface area contributed by atoms with E-state index in [9.17, 15) is 9.90 Å². The van der Waals surface area contributed by atoms with E-state index in [1.807, 2.05) is 31.2 Å². The molecule has 1 aliphatic heterocycles. The molecule has 0 saturated carbocycles. The van der Waals surface area contributed by atoms with Gasteiger partial charge in [-0.1, -0.05) is 12.1 Å². The number of benzene rings is 1. The van der Waals surface area contributed by atoms with Crippen molar-refractivity contribution < 1.29 is 14.6 Å². The lowest BCUT2D eigenvalue weighted by molar-refractivity contribution is -0.121. The summed E-state index contributed by atoms with van der Waals surface area (Å²) in [6.07, 6.45) is 0.819. The fraction of sp³-hybridized carbons (Fsp3) is 0.562. The summed E-state index contributed by atoms with van der Waals surface area (Å²) in [6.45, 7) is 3.84. The van der Waals surface area contributed by atoms with E-state index in [1.165, 1.54) is 0 Å². The van der Waals surface area contributed by atoms with Gasteiger partial charge in [-0.2, -0.15) is 0 Å². The van der Waals surface area contributed by atoms with E-state index >= 15 is 0 Å². The Hall–Kier alpha value is -1.59. The summed E-state index contributed by atoms with van der Waals surface area (Å²) in [4.78, 5) is 13.8. The van der Waals surface area contributed by atoms with Crippen LogP contribution in [0.15, 0.2) is 24.3 Å². The van der Waals surface area contributed by atoms with Crippen molar-refractivity contribution in [1.29, 1.82) is 0 Å². The van der Waals surface area contributed by atoms with Crippen molar-refractivity contribution in [2.45, 2.75) is 31.9 Å².